The summed E-state index contributed by atoms with van der Waals surface area (Å²) in [5.74, 6) is 1.72. The van der Waals surface area contributed by atoms with Crippen LogP contribution in [0.15, 0.2) is 23.3 Å². The van der Waals surface area contributed by atoms with Gasteiger partial charge in [0.25, 0.3) is 0 Å². The highest BCUT2D eigenvalue weighted by molar-refractivity contribution is 5.40. The van der Waals surface area contributed by atoms with E-state index in [1.165, 1.54) is 19.3 Å². The van der Waals surface area contributed by atoms with E-state index in [1.807, 2.05) is 0 Å². The maximum Gasteiger partial charge on any atom is -0.0157 e. The van der Waals surface area contributed by atoms with Crippen LogP contribution in [-0.2, 0) is 0 Å². The molecular weight excluding hydrogens is 132 g/mol. The van der Waals surface area contributed by atoms with Crippen LogP contribution in [0.5, 0.6) is 0 Å². The Morgan fingerprint density at radius 2 is 2.09 bits per heavy atom. The van der Waals surface area contributed by atoms with Crippen LogP contribution in [0.2, 0.25) is 0 Å². The summed E-state index contributed by atoms with van der Waals surface area (Å²) in [6.45, 7) is 4.75. The first-order chi connectivity index (χ1) is 5.29. The molecule has 0 radical (unpaired) electrons. The van der Waals surface area contributed by atoms with Crippen molar-refractivity contribution >= 4 is 0 Å². The molecule has 0 aromatic heterocycles. The summed E-state index contributed by atoms with van der Waals surface area (Å²) in [5.41, 5.74) is 3.30. The molecule has 0 aromatic rings. The van der Waals surface area contributed by atoms with Crippen molar-refractivity contribution in [2.75, 3.05) is 0 Å². The van der Waals surface area contributed by atoms with Gasteiger partial charge in [-0.25, -0.2) is 0 Å². The molecule has 2 unspecified atom stereocenters. The normalized spacial score (nSPS) is 36.2. The van der Waals surface area contributed by atoms with E-state index >= 15 is 0 Å². The molecule has 11 heavy (non-hydrogen) atoms. The largest absolute Gasteiger partial charge is 0.0772 e. The summed E-state index contributed by atoms with van der Waals surface area (Å²) in [7, 11) is 0. The quantitative estimate of drug-likeness (QED) is 0.494. The number of allylic oxidation sites excluding steroid dienone is 4. The Morgan fingerprint density at radius 3 is 2.91 bits per heavy atom. The highest BCUT2D eigenvalue weighted by atomic mass is 14.3. The fraction of sp³-hybridized carbons (Fsp3) is 0.636. The Kier molecular flexibility index (Phi) is 1.63. The van der Waals surface area contributed by atoms with Gasteiger partial charge in [-0.15, -0.1) is 0 Å². The van der Waals surface area contributed by atoms with E-state index < -0.39 is 0 Å². The lowest BCUT2D eigenvalue weighted by molar-refractivity contribution is 0.386. The second kappa shape index (κ2) is 2.51. The molecule has 0 spiro atoms. The molecule has 0 bridgehead atoms. The van der Waals surface area contributed by atoms with Gasteiger partial charge >= 0.3 is 0 Å². The van der Waals surface area contributed by atoms with Gasteiger partial charge in [-0.2, -0.15) is 0 Å². The topological polar surface area (TPSA) is 0 Å². The minimum Gasteiger partial charge on any atom is -0.0772 e. The predicted octanol–water partition coefficient (Wildman–Crippen LogP) is 3.31. The monoisotopic (exact) mass is 148 g/mol. The fourth-order valence-corrected chi connectivity index (χ4v) is 2.24. The molecule has 1 saturated carbocycles. The Balaban J connectivity index is 2.25. The molecular formula is C11H16. The van der Waals surface area contributed by atoms with E-state index in [4.69, 9.17) is 0 Å². The summed E-state index contributed by atoms with van der Waals surface area (Å²) in [4.78, 5) is 0. The van der Waals surface area contributed by atoms with Crippen LogP contribution in [0.1, 0.15) is 33.1 Å². The van der Waals surface area contributed by atoms with Crippen LogP contribution in [0.25, 0.3) is 0 Å². The van der Waals surface area contributed by atoms with Crippen LogP contribution in [-0.4, -0.2) is 0 Å². The van der Waals surface area contributed by atoms with Crippen LogP contribution in [0.4, 0.5) is 0 Å². The average Bonchev–Trinajstić information content (AvgIpc) is 2.45. The highest BCUT2D eigenvalue weighted by Gasteiger charge is 2.26. The molecule has 2 rings (SSSR count). The average molecular weight is 148 g/mol. The molecule has 2 aliphatic carbocycles. The zero-order chi connectivity index (χ0) is 7.84. The van der Waals surface area contributed by atoms with Crippen LogP contribution >= 0.6 is 0 Å². The number of hydrogen-bond acceptors (Lipinski definition) is 0. The molecule has 0 amide bonds. The van der Waals surface area contributed by atoms with Gasteiger partial charge in [-0.05, 0) is 42.2 Å². The SMILES string of the molecule is CC1CCC2=CCC=C2C1C. The van der Waals surface area contributed by atoms with Gasteiger partial charge in [-0.3, -0.25) is 0 Å². The minimum atomic E-state index is 0.817. The van der Waals surface area contributed by atoms with Gasteiger partial charge < -0.3 is 0 Å². The molecule has 60 valence electrons. The second-order valence-electron chi connectivity index (χ2n) is 3.93. The zero-order valence-corrected chi connectivity index (χ0v) is 7.43. The summed E-state index contributed by atoms with van der Waals surface area (Å²) in [6.07, 6.45) is 8.73. The number of rotatable bonds is 0. The third kappa shape index (κ3) is 1.05. The molecule has 0 saturated heterocycles. The maximum absolute atomic E-state index is 2.41. The summed E-state index contributed by atoms with van der Waals surface area (Å²) >= 11 is 0. The molecule has 0 heteroatoms. The van der Waals surface area contributed by atoms with Gasteiger partial charge in [0.15, 0.2) is 0 Å². The first-order valence-electron chi connectivity index (χ1n) is 4.68. The van der Waals surface area contributed by atoms with Gasteiger partial charge in [-0.1, -0.05) is 26.0 Å². The highest BCUT2D eigenvalue weighted by Crippen LogP contribution is 2.40. The lowest BCUT2D eigenvalue weighted by atomic mass is 9.76. The molecule has 2 atom stereocenters. The smallest absolute Gasteiger partial charge is 0.0157 e. The first kappa shape index (κ1) is 7.15. The third-order valence-corrected chi connectivity index (χ3v) is 3.29. The van der Waals surface area contributed by atoms with Crippen molar-refractivity contribution < 1.29 is 0 Å². The maximum atomic E-state index is 2.41. The molecule has 1 fully saturated rings. The van der Waals surface area contributed by atoms with E-state index in [1.54, 1.807) is 11.1 Å². The number of hydrogen-bond donors (Lipinski definition) is 0. The van der Waals surface area contributed by atoms with Crippen molar-refractivity contribution in [3.63, 3.8) is 0 Å². The first-order valence-corrected chi connectivity index (χ1v) is 4.68. The van der Waals surface area contributed by atoms with E-state index in [0.29, 0.717) is 0 Å². The zero-order valence-electron chi connectivity index (χ0n) is 7.43. The van der Waals surface area contributed by atoms with Crippen LogP contribution in [0.3, 0.4) is 0 Å². The second-order valence-corrected chi connectivity index (χ2v) is 3.93. The Labute approximate surface area is 69.0 Å². The summed E-state index contributed by atoms with van der Waals surface area (Å²) < 4.78 is 0. The Hall–Kier alpha value is -0.520. The van der Waals surface area contributed by atoms with Gasteiger partial charge in [0.2, 0.25) is 0 Å². The van der Waals surface area contributed by atoms with Gasteiger partial charge in [0.1, 0.15) is 0 Å². The number of fused-ring (bicyclic) bond motifs is 1. The van der Waals surface area contributed by atoms with Crippen molar-refractivity contribution in [2.24, 2.45) is 11.8 Å². The predicted molar refractivity (Wildman–Crippen MR) is 48.3 cm³/mol. The van der Waals surface area contributed by atoms with E-state index in [2.05, 4.69) is 26.0 Å². The van der Waals surface area contributed by atoms with Gasteiger partial charge in [0, 0.05) is 0 Å². The van der Waals surface area contributed by atoms with Crippen molar-refractivity contribution in [2.45, 2.75) is 33.1 Å². The van der Waals surface area contributed by atoms with Crippen LogP contribution in [0, 0.1) is 11.8 Å². The van der Waals surface area contributed by atoms with Gasteiger partial charge in [0.05, 0.1) is 0 Å². The lowest BCUT2D eigenvalue weighted by Gasteiger charge is -2.29. The third-order valence-electron chi connectivity index (χ3n) is 3.29. The minimum absolute atomic E-state index is 0.817. The van der Waals surface area contributed by atoms with Crippen molar-refractivity contribution in [1.82, 2.24) is 0 Å². The van der Waals surface area contributed by atoms with Crippen molar-refractivity contribution in [1.29, 1.82) is 0 Å². The summed E-state index contributed by atoms with van der Waals surface area (Å²) in [6, 6.07) is 0. The van der Waals surface area contributed by atoms with Crippen molar-refractivity contribution in [3.8, 4) is 0 Å². The Bertz CT molecular complexity index is 220. The summed E-state index contributed by atoms with van der Waals surface area (Å²) in [5, 5.41) is 0. The standard InChI is InChI=1S/C11H16/c1-8-6-7-10-4-3-5-11(10)9(8)2/h4-5,8-9H,3,6-7H2,1-2H3. The molecule has 2 aliphatic rings. The molecule has 0 aromatic carbocycles. The van der Waals surface area contributed by atoms with E-state index in [-0.39, 0.29) is 0 Å². The lowest BCUT2D eigenvalue weighted by Crippen LogP contribution is -2.16. The molecule has 0 N–H and O–H groups in total. The fourth-order valence-electron chi connectivity index (χ4n) is 2.24. The van der Waals surface area contributed by atoms with Crippen molar-refractivity contribution in [3.05, 3.63) is 23.3 Å². The molecule has 0 nitrogen and oxygen atoms in total. The Morgan fingerprint density at radius 1 is 1.27 bits per heavy atom. The van der Waals surface area contributed by atoms with Crippen LogP contribution < -0.4 is 0 Å². The van der Waals surface area contributed by atoms with E-state index in [9.17, 15) is 0 Å². The van der Waals surface area contributed by atoms with E-state index in [0.717, 1.165) is 11.8 Å². The molecule has 0 aliphatic heterocycles. The molecule has 0 heterocycles.